The Bertz CT molecular complexity index is 1220. The van der Waals surface area contributed by atoms with Gasteiger partial charge in [-0.25, -0.2) is 0 Å². The molecule has 0 unspecified atom stereocenters. The first-order chi connectivity index (χ1) is 13.3. The Kier molecular flexibility index (Phi) is 3.80. The first kappa shape index (κ1) is 15.9. The predicted molar refractivity (Wildman–Crippen MR) is 109 cm³/mol. The van der Waals surface area contributed by atoms with Crippen LogP contribution in [0.3, 0.4) is 0 Å². The average molecular weight is 369 g/mol. The van der Waals surface area contributed by atoms with Crippen LogP contribution in [0, 0.1) is 6.92 Å². The Balaban J connectivity index is 1.64. The van der Waals surface area contributed by atoms with Crippen molar-refractivity contribution in [3.05, 3.63) is 78.9 Å². The SMILES string of the molecule is Cc1ccc(-c2ccc(-c3nnc(-c4ccoc4)c4ccccc34)s2)nc1. The highest BCUT2D eigenvalue weighted by Crippen LogP contribution is 2.37. The molecule has 0 spiro atoms. The molecule has 4 aromatic heterocycles. The molecule has 0 saturated heterocycles. The molecule has 4 nitrogen and oxygen atoms in total. The summed E-state index contributed by atoms with van der Waals surface area (Å²) in [6, 6.07) is 18.4. The molecule has 0 amide bonds. The van der Waals surface area contributed by atoms with Crippen LogP contribution in [0.15, 0.2) is 77.7 Å². The molecule has 5 rings (SSSR count). The number of nitrogens with zero attached hydrogens (tertiary/aromatic N) is 3. The molecule has 0 saturated carbocycles. The van der Waals surface area contributed by atoms with Crippen LogP contribution in [0.2, 0.25) is 0 Å². The van der Waals surface area contributed by atoms with Crippen molar-refractivity contribution < 1.29 is 4.42 Å². The first-order valence-corrected chi connectivity index (χ1v) is 9.42. The second-order valence-electron chi connectivity index (χ2n) is 6.34. The van der Waals surface area contributed by atoms with E-state index in [4.69, 9.17) is 4.42 Å². The molecular formula is C22H15N3OS. The van der Waals surface area contributed by atoms with Gasteiger partial charge in [-0.05, 0) is 36.8 Å². The predicted octanol–water partition coefficient (Wildman–Crippen LogP) is 5.99. The Morgan fingerprint density at radius 3 is 2.33 bits per heavy atom. The lowest BCUT2D eigenvalue weighted by atomic mass is 10.0. The van der Waals surface area contributed by atoms with Gasteiger partial charge in [0.2, 0.25) is 0 Å². The van der Waals surface area contributed by atoms with E-state index in [0.717, 1.165) is 48.7 Å². The second kappa shape index (κ2) is 6.45. The molecule has 0 fully saturated rings. The van der Waals surface area contributed by atoms with Crippen LogP contribution in [0.4, 0.5) is 0 Å². The fourth-order valence-electron chi connectivity index (χ4n) is 3.11. The maximum atomic E-state index is 5.22. The van der Waals surface area contributed by atoms with Crippen LogP contribution in [0.1, 0.15) is 5.56 Å². The number of furan rings is 1. The number of hydrogen-bond acceptors (Lipinski definition) is 5. The van der Waals surface area contributed by atoms with E-state index in [1.807, 2.05) is 31.3 Å². The monoisotopic (exact) mass is 369 g/mol. The lowest BCUT2D eigenvalue weighted by Crippen LogP contribution is -1.92. The van der Waals surface area contributed by atoms with Gasteiger partial charge in [-0.1, -0.05) is 30.3 Å². The van der Waals surface area contributed by atoms with Crippen molar-refractivity contribution in [2.75, 3.05) is 0 Å². The standard InChI is InChI=1S/C22H15N3OS/c1-14-6-7-18(23-12-14)19-8-9-20(27-19)22-17-5-3-2-4-16(17)21(24-25-22)15-10-11-26-13-15/h2-13H,1H3. The van der Waals surface area contributed by atoms with Gasteiger partial charge in [0.25, 0.3) is 0 Å². The van der Waals surface area contributed by atoms with Gasteiger partial charge >= 0.3 is 0 Å². The summed E-state index contributed by atoms with van der Waals surface area (Å²) in [4.78, 5) is 6.73. The molecule has 0 atom stereocenters. The van der Waals surface area contributed by atoms with E-state index in [1.165, 1.54) is 0 Å². The zero-order chi connectivity index (χ0) is 18.2. The van der Waals surface area contributed by atoms with E-state index in [2.05, 4.69) is 51.6 Å². The van der Waals surface area contributed by atoms with Crippen molar-refractivity contribution in [3.8, 4) is 32.4 Å². The van der Waals surface area contributed by atoms with E-state index in [-0.39, 0.29) is 0 Å². The number of benzene rings is 1. The van der Waals surface area contributed by atoms with Crippen LogP contribution in [-0.2, 0) is 0 Å². The molecule has 130 valence electrons. The molecule has 0 radical (unpaired) electrons. The molecule has 1 aromatic carbocycles. The van der Waals surface area contributed by atoms with Gasteiger partial charge in [0.05, 0.1) is 28.0 Å². The van der Waals surface area contributed by atoms with Crippen molar-refractivity contribution in [2.24, 2.45) is 0 Å². The third kappa shape index (κ3) is 2.82. The van der Waals surface area contributed by atoms with Crippen molar-refractivity contribution in [2.45, 2.75) is 6.92 Å². The van der Waals surface area contributed by atoms with Crippen LogP contribution in [0.5, 0.6) is 0 Å². The van der Waals surface area contributed by atoms with E-state index < -0.39 is 0 Å². The first-order valence-electron chi connectivity index (χ1n) is 8.61. The number of aryl methyl sites for hydroxylation is 1. The topological polar surface area (TPSA) is 51.8 Å². The largest absolute Gasteiger partial charge is 0.472 e. The number of rotatable bonds is 3. The van der Waals surface area contributed by atoms with Gasteiger partial charge in [0.15, 0.2) is 0 Å². The molecule has 4 heterocycles. The molecule has 0 aliphatic heterocycles. The van der Waals surface area contributed by atoms with Crippen molar-refractivity contribution in [3.63, 3.8) is 0 Å². The van der Waals surface area contributed by atoms with Crippen molar-refractivity contribution >= 4 is 22.1 Å². The lowest BCUT2D eigenvalue weighted by Gasteiger charge is -2.07. The van der Waals surface area contributed by atoms with Gasteiger partial charge in [-0.2, -0.15) is 0 Å². The molecule has 0 N–H and O–H groups in total. The van der Waals surface area contributed by atoms with Crippen LogP contribution >= 0.6 is 11.3 Å². The summed E-state index contributed by atoms with van der Waals surface area (Å²) in [6.07, 6.45) is 5.24. The maximum absolute atomic E-state index is 5.22. The van der Waals surface area contributed by atoms with Gasteiger partial charge in [-0.15, -0.1) is 21.5 Å². The Labute approximate surface area is 160 Å². The zero-order valence-corrected chi connectivity index (χ0v) is 15.4. The molecule has 5 aromatic rings. The minimum absolute atomic E-state index is 0.833. The number of fused-ring (bicyclic) bond motifs is 1. The summed E-state index contributed by atoms with van der Waals surface area (Å²) in [6.45, 7) is 2.04. The van der Waals surface area contributed by atoms with E-state index in [9.17, 15) is 0 Å². The summed E-state index contributed by atoms with van der Waals surface area (Å²) in [5.74, 6) is 0. The van der Waals surface area contributed by atoms with Crippen LogP contribution < -0.4 is 0 Å². The number of aromatic nitrogens is 3. The number of thiophene rings is 1. The second-order valence-corrected chi connectivity index (χ2v) is 7.42. The van der Waals surface area contributed by atoms with E-state index in [1.54, 1.807) is 23.9 Å². The summed E-state index contributed by atoms with van der Waals surface area (Å²) in [5.41, 5.74) is 4.79. The maximum Gasteiger partial charge on any atom is 0.111 e. The lowest BCUT2D eigenvalue weighted by molar-refractivity contribution is 0.568. The summed E-state index contributed by atoms with van der Waals surface area (Å²) >= 11 is 1.68. The third-order valence-electron chi connectivity index (χ3n) is 4.49. The molecule has 0 bridgehead atoms. The van der Waals surface area contributed by atoms with E-state index in [0.29, 0.717) is 0 Å². The minimum Gasteiger partial charge on any atom is -0.472 e. The van der Waals surface area contributed by atoms with Gasteiger partial charge in [0, 0.05) is 22.5 Å². The van der Waals surface area contributed by atoms with Gasteiger partial charge in [-0.3, -0.25) is 4.98 Å². The summed E-state index contributed by atoms with van der Waals surface area (Å²) in [5, 5.41) is 11.2. The van der Waals surface area contributed by atoms with Crippen LogP contribution in [0.25, 0.3) is 43.2 Å². The fraction of sp³-hybridized carbons (Fsp3) is 0.0455. The Morgan fingerprint density at radius 2 is 1.59 bits per heavy atom. The fourth-order valence-corrected chi connectivity index (χ4v) is 4.10. The van der Waals surface area contributed by atoms with Crippen molar-refractivity contribution in [1.82, 2.24) is 15.2 Å². The average Bonchev–Trinajstić information content (AvgIpc) is 3.40. The number of pyridine rings is 1. The Morgan fingerprint density at radius 1 is 0.815 bits per heavy atom. The van der Waals surface area contributed by atoms with Gasteiger partial charge in [0.1, 0.15) is 11.4 Å². The molecular weight excluding hydrogens is 354 g/mol. The molecule has 0 aliphatic rings. The minimum atomic E-state index is 0.833. The van der Waals surface area contributed by atoms with Gasteiger partial charge < -0.3 is 4.42 Å². The van der Waals surface area contributed by atoms with Crippen LogP contribution in [-0.4, -0.2) is 15.2 Å². The smallest absolute Gasteiger partial charge is 0.111 e. The summed E-state index contributed by atoms with van der Waals surface area (Å²) < 4.78 is 5.22. The zero-order valence-electron chi connectivity index (χ0n) is 14.6. The summed E-state index contributed by atoms with van der Waals surface area (Å²) in [7, 11) is 0. The third-order valence-corrected chi connectivity index (χ3v) is 5.60. The highest BCUT2D eigenvalue weighted by atomic mass is 32.1. The Hall–Kier alpha value is -3.31. The van der Waals surface area contributed by atoms with E-state index >= 15 is 0 Å². The quantitative estimate of drug-likeness (QED) is 0.392. The van der Waals surface area contributed by atoms with Crippen molar-refractivity contribution in [1.29, 1.82) is 0 Å². The highest BCUT2D eigenvalue weighted by Gasteiger charge is 2.15. The normalized spacial score (nSPS) is 11.1. The molecule has 5 heteroatoms. The molecule has 27 heavy (non-hydrogen) atoms. The molecule has 0 aliphatic carbocycles. The number of hydrogen-bond donors (Lipinski definition) is 0. The highest BCUT2D eigenvalue weighted by molar-refractivity contribution is 7.18.